The maximum absolute atomic E-state index is 12.0. The van der Waals surface area contributed by atoms with Crippen molar-refractivity contribution in [1.29, 1.82) is 0 Å². The number of carbonyl (C=O) groups excluding carboxylic acids is 1. The molecule has 0 aliphatic heterocycles. The molecule has 1 unspecified atom stereocenters. The minimum atomic E-state index is -4.25. The smallest absolute Gasteiger partial charge is 0.389 e. The Balaban J connectivity index is 2.61. The van der Waals surface area contributed by atoms with E-state index in [4.69, 9.17) is 10.2 Å². The molecular weight excluding hydrogens is 239 g/mol. The Hall–Kier alpha value is -1.50. The molecule has 17 heavy (non-hydrogen) atoms. The third kappa shape index (κ3) is 4.10. The van der Waals surface area contributed by atoms with Gasteiger partial charge in [-0.1, -0.05) is 0 Å². The monoisotopic (exact) mass is 251 g/mol. The van der Waals surface area contributed by atoms with Crippen molar-refractivity contribution in [1.82, 2.24) is 0 Å². The fourth-order valence-electron chi connectivity index (χ4n) is 1.22. The van der Waals surface area contributed by atoms with E-state index in [2.05, 4.69) is 4.74 Å². The van der Waals surface area contributed by atoms with Gasteiger partial charge in [-0.3, -0.25) is 0 Å². The van der Waals surface area contributed by atoms with Crippen LogP contribution < -0.4 is 5.73 Å². The molecule has 1 rings (SSSR count). The van der Waals surface area contributed by atoms with E-state index in [1.54, 1.807) is 0 Å². The van der Waals surface area contributed by atoms with Gasteiger partial charge >= 0.3 is 12.1 Å². The third-order valence-corrected chi connectivity index (χ3v) is 2.12. The molecule has 2 N–H and O–H groups in total. The molecule has 0 aliphatic carbocycles. The van der Waals surface area contributed by atoms with Gasteiger partial charge in [-0.05, 0) is 18.6 Å². The summed E-state index contributed by atoms with van der Waals surface area (Å²) in [7, 11) is 1.17. The topological polar surface area (TPSA) is 65.5 Å². The average Bonchev–Trinajstić information content (AvgIpc) is 2.73. The summed E-state index contributed by atoms with van der Waals surface area (Å²) in [5.41, 5.74) is 5.51. The van der Waals surface area contributed by atoms with Crippen LogP contribution in [0.4, 0.5) is 13.2 Å². The van der Waals surface area contributed by atoms with Gasteiger partial charge in [0, 0.05) is 6.42 Å². The Bertz CT molecular complexity index is 386. The largest absolute Gasteiger partial charge is 0.463 e. The number of rotatable bonds is 4. The Morgan fingerprint density at radius 3 is 2.71 bits per heavy atom. The van der Waals surface area contributed by atoms with Crippen LogP contribution in [0.1, 0.15) is 35.2 Å². The predicted octanol–water partition coefficient (Wildman–Crippen LogP) is 2.41. The van der Waals surface area contributed by atoms with E-state index >= 15 is 0 Å². The summed E-state index contributed by atoms with van der Waals surface area (Å²) >= 11 is 0. The van der Waals surface area contributed by atoms with Crippen LogP contribution in [-0.2, 0) is 4.74 Å². The Morgan fingerprint density at radius 1 is 1.53 bits per heavy atom. The first-order chi connectivity index (χ1) is 7.83. The molecule has 0 radical (unpaired) electrons. The molecule has 0 bridgehead atoms. The summed E-state index contributed by atoms with van der Waals surface area (Å²) in [6, 6.07) is 1.79. The van der Waals surface area contributed by atoms with Crippen LogP contribution in [0, 0.1) is 0 Å². The summed E-state index contributed by atoms with van der Waals surface area (Å²) in [5, 5.41) is 0. The number of nitrogens with two attached hydrogens (primary N) is 1. The van der Waals surface area contributed by atoms with E-state index < -0.39 is 24.6 Å². The van der Waals surface area contributed by atoms with E-state index in [0.717, 1.165) is 0 Å². The highest BCUT2D eigenvalue weighted by molar-refractivity contribution is 5.86. The summed E-state index contributed by atoms with van der Waals surface area (Å²) in [5.74, 6) is -0.640. The normalized spacial score (nSPS) is 13.5. The second kappa shape index (κ2) is 5.22. The van der Waals surface area contributed by atoms with Crippen LogP contribution in [0.5, 0.6) is 0 Å². The average molecular weight is 251 g/mol. The van der Waals surface area contributed by atoms with E-state index in [1.165, 1.54) is 19.2 Å². The number of esters is 1. The molecule has 0 saturated heterocycles. The Labute approximate surface area is 95.5 Å². The minimum Gasteiger partial charge on any atom is -0.463 e. The van der Waals surface area contributed by atoms with Crippen molar-refractivity contribution in [3.8, 4) is 0 Å². The first-order valence-corrected chi connectivity index (χ1v) is 4.84. The summed E-state index contributed by atoms with van der Waals surface area (Å²) in [6.45, 7) is 0. The number of hydrogen-bond donors (Lipinski definition) is 1. The lowest BCUT2D eigenvalue weighted by atomic mass is 10.1. The van der Waals surface area contributed by atoms with Crippen molar-refractivity contribution in [2.45, 2.75) is 25.1 Å². The molecule has 1 aromatic rings. The quantitative estimate of drug-likeness (QED) is 0.834. The number of methoxy groups -OCH3 is 1. The third-order valence-electron chi connectivity index (χ3n) is 2.12. The van der Waals surface area contributed by atoms with Crippen molar-refractivity contribution < 1.29 is 27.1 Å². The number of furan rings is 1. The number of halogens is 3. The molecule has 4 nitrogen and oxygen atoms in total. The number of alkyl halides is 3. The van der Waals surface area contributed by atoms with Crippen molar-refractivity contribution in [2.24, 2.45) is 5.73 Å². The van der Waals surface area contributed by atoms with Crippen molar-refractivity contribution >= 4 is 5.97 Å². The van der Waals surface area contributed by atoms with Gasteiger partial charge in [0.05, 0.1) is 13.2 Å². The lowest BCUT2D eigenvalue weighted by molar-refractivity contribution is -0.136. The fourth-order valence-corrected chi connectivity index (χ4v) is 1.22. The van der Waals surface area contributed by atoms with Gasteiger partial charge < -0.3 is 14.9 Å². The lowest BCUT2D eigenvalue weighted by Gasteiger charge is -2.10. The molecule has 0 amide bonds. The van der Waals surface area contributed by atoms with Gasteiger partial charge in [0.2, 0.25) is 5.76 Å². The summed E-state index contributed by atoms with van der Waals surface area (Å²) < 4.78 is 45.3. The van der Waals surface area contributed by atoms with E-state index in [-0.39, 0.29) is 17.9 Å². The first kappa shape index (κ1) is 13.6. The minimum absolute atomic E-state index is 0.0787. The Kier molecular flexibility index (Phi) is 4.17. The highest BCUT2D eigenvalue weighted by atomic mass is 19.4. The van der Waals surface area contributed by atoms with E-state index in [0.29, 0.717) is 0 Å². The predicted molar refractivity (Wildman–Crippen MR) is 52.3 cm³/mol. The van der Waals surface area contributed by atoms with E-state index in [9.17, 15) is 18.0 Å². The second-order valence-corrected chi connectivity index (χ2v) is 3.45. The van der Waals surface area contributed by atoms with Gasteiger partial charge in [0.1, 0.15) is 5.76 Å². The Morgan fingerprint density at radius 2 is 2.18 bits per heavy atom. The molecule has 96 valence electrons. The molecule has 1 heterocycles. The zero-order valence-electron chi connectivity index (χ0n) is 9.08. The molecule has 1 aromatic heterocycles. The SMILES string of the molecule is COC(=O)c1ccc(C(N)CCC(F)(F)F)o1. The van der Waals surface area contributed by atoms with Gasteiger partial charge in [-0.2, -0.15) is 13.2 Å². The van der Waals surface area contributed by atoms with Crippen LogP contribution in [0.2, 0.25) is 0 Å². The highest BCUT2D eigenvalue weighted by Crippen LogP contribution is 2.27. The number of hydrogen-bond acceptors (Lipinski definition) is 4. The number of carbonyl (C=O) groups is 1. The second-order valence-electron chi connectivity index (χ2n) is 3.45. The van der Waals surface area contributed by atoms with Crippen molar-refractivity contribution in [3.63, 3.8) is 0 Å². The maximum Gasteiger partial charge on any atom is 0.389 e. The zero-order chi connectivity index (χ0) is 13.1. The highest BCUT2D eigenvalue weighted by Gasteiger charge is 2.28. The lowest BCUT2D eigenvalue weighted by Crippen LogP contribution is -2.15. The van der Waals surface area contributed by atoms with Crippen LogP contribution in [0.25, 0.3) is 0 Å². The van der Waals surface area contributed by atoms with Crippen molar-refractivity contribution in [2.75, 3.05) is 7.11 Å². The molecule has 0 aromatic carbocycles. The van der Waals surface area contributed by atoms with Gasteiger partial charge in [-0.25, -0.2) is 4.79 Å². The molecule has 7 heteroatoms. The van der Waals surface area contributed by atoms with Gasteiger partial charge in [0.15, 0.2) is 0 Å². The molecular formula is C10H12F3NO3. The molecule has 0 aliphatic rings. The molecule has 1 atom stereocenters. The van der Waals surface area contributed by atoms with Crippen LogP contribution >= 0.6 is 0 Å². The fraction of sp³-hybridized carbons (Fsp3) is 0.500. The summed E-state index contributed by atoms with van der Waals surface area (Å²) in [6.07, 6.45) is -5.55. The van der Waals surface area contributed by atoms with Crippen molar-refractivity contribution in [3.05, 3.63) is 23.7 Å². The van der Waals surface area contributed by atoms with Crippen LogP contribution in [0.15, 0.2) is 16.5 Å². The summed E-state index contributed by atoms with van der Waals surface area (Å²) in [4.78, 5) is 11.0. The molecule has 0 saturated carbocycles. The van der Waals surface area contributed by atoms with Gasteiger partial charge in [-0.15, -0.1) is 0 Å². The number of ether oxygens (including phenoxy) is 1. The first-order valence-electron chi connectivity index (χ1n) is 4.84. The van der Waals surface area contributed by atoms with Crippen LogP contribution in [0.3, 0.4) is 0 Å². The van der Waals surface area contributed by atoms with E-state index in [1.807, 2.05) is 0 Å². The molecule has 0 fully saturated rings. The molecule has 0 spiro atoms. The van der Waals surface area contributed by atoms with Crippen LogP contribution in [-0.4, -0.2) is 19.3 Å². The van der Waals surface area contributed by atoms with Gasteiger partial charge in [0.25, 0.3) is 0 Å². The maximum atomic E-state index is 12.0. The zero-order valence-corrected chi connectivity index (χ0v) is 9.08. The standard InChI is InChI=1S/C10H12F3NO3/c1-16-9(15)8-3-2-7(17-8)6(14)4-5-10(11,12)13/h2-3,6H,4-5,14H2,1H3.